The summed E-state index contributed by atoms with van der Waals surface area (Å²) in [5.74, 6) is 0.0852. The lowest BCUT2D eigenvalue weighted by Crippen LogP contribution is -2.58. The van der Waals surface area contributed by atoms with Crippen molar-refractivity contribution in [2.45, 2.75) is 32.5 Å². The summed E-state index contributed by atoms with van der Waals surface area (Å²) in [7, 11) is 0. The van der Waals surface area contributed by atoms with Crippen molar-refractivity contribution >= 4 is 23.2 Å². The number of aryl methyl sites for hydroxylation is 1. The first-order valence-electron chi connectivity index (χ1n) is 9.55. The van der Waals surface area contributed by atoms with Crippen LogP contribution in [-0.2, 0) is 4.79 Å². The van der Waals surface area contributed by atoms with Crippen molar-refractivity contribution in [1.82, 2.24) is 4.57 Å². The van der Waals surface area contributed by atoms with Crippen LogP contribution in [-0.4, -0.2) is 16.1 Å². The van der Waals surface area contributed by atoms with Crippen molar-refractivity contribution in [2.75, 3.05) is 0 Å². The number of ketones is 1. The second-order valence-corrected chi connectivity index (χ2v) is 8.83. The lowest BCUT2D eigenvalue weighted by atomic mass is 9.79. The molecule has 3 atom stereocenters. The molecule has 2 aromatic carbocycles. The fraction of sp³-hybridized carbons (Fsp3) is 0.261. The van der Waals surface area contributed by atoms with Gasteiger partial charge in [-0.2, -0.15) is 0 Å². The lowest BCUT2D eigenvalue weighted by molar-refractivity contribution is -0.132. The summed E-state index contributed by atoms with van der Waals surface area (Å²) >= 11 is 1.34. The van der Waals surface area contributed by atoms with E-state index in [9.17, 15) is 9.59 Å². The number of nitrogens with zero attached hydrogens (tertiary/aromatic N) is 2. The van der Waals surface area contributed by atoms with E-state index in [1.807, 2.05) is 68.5 Å². The van der Waals surface area contributed by atoms with Gasteiger partial charge in [0.15, 0.2) is 4.80 Å². The molecular formula is C23H20N2O3S. The van der Waals surface area contributed by atoms with Crippen LogP contribution in [0.5, 0.6) is 5.75 Å². The minimum atomic E-state index is -1.02. The molecule has 3 aromatic rings. The molecule has 29 heavy (non-hydrogen) atoms. The molecule has 0 aliphatic carbocycles. The van der Waals surface area contributed by atoms with E-state index in [1.54, 1.807) is 11.5 Å². The van der Waals surface area contributed by atoms with Crippen molar-refractivity contribution in [2.24, 2.45) is 10.9 Å². The number of fused-ring (bicyclic) bond motifs is 6. The lowest BCUT2D eigenvalue weighted by Gasteiger charge is -2.45. The molecule has 5 nitrogen and oxygen atoms in total. The Balaban J connectivity index is 1.80. The zero-order chi connectivity index (χ0) is 20.3. The third-order valence-electron chi connectivity index (χ3n) is 5.69. The van der Waals surface area contributed by atoms with Crippen molar-refractivity contribution < 1.29 is 9.53 Å². The van der Waals surface area contributed by atoms with E-state index >= 15 is 0 Å². The Morgan fingerprint density at radius 1 is 1.21 bits per heavy atom. The third kappa shape index (κ3) is 2.70. The Labute approximate surface area is 171 Å². The SMILES string of the molecule is CC(=O)[C@@H]1[C@@H]2c3ccccc3O[C@@]1(C)N=c1s/c(=C/c3ccc(C)cc3)c(=O)n12. The van der Waals surface area contributed by atoms with Crippen LogP contribution >= 0.6 is 11.3 Å². The number of rotatable bonds is 2. The summed E-state index contributed by atoms with van der Waals surface area (Å²) in [4.78, 5) is 31.4. The van der Waals surface area contributed by atoms with E-state index in [0.29, 0.717) is 15.1 Å². The first kappa shape index (κ1) is 18.1. The largest absolute Gasteiger partial charge is 0.465 e. The highest BCUT2D eigenvalue weighted by Gasteiger charge is 2.53. The van der Waals surface area contributed by atoms with Crippen LogP contribution in [0.15, 0.2) is 58.3 Å². The molecule has 0 spiro atoms. The standard InChI is InChI=1S/C23H20N2O3S/c1-13-8-10-15(11-9-13)12-18-21(27)25-20-16-6-4-5-7-17(16)28-23(3,19(20)14(2)26)24-22(25)29-18/h4-12,19-20H,1-3H3/b18-12+/t19-,20+,23-/m1/s1. The molecule has 2 bridgehead atoms. The van der Waals surface area contributed by atoms with Gasteiger partial charge in [0.05, 0.1) is 10.6 Å². The highest BCUT2D eigenvalue weighted by Crippen LogP contribution is 2.47. The van der Waals surface area contributed by atoms with E-state index in [-0.39, 0.29) is 11.3 Å². The summed E-state index contributed by atoms with van der Waals surface area (Å²) in [6.07, 6.45) is 1.88. The number of hydrogen-bond donors (Lipinski definition) is 0. The second-order valence-electron chi connectivity index (χ2n) is 7.82. The average Bonchev–Trinajstić information content (AvgIpc) is 2.96. The van der Waals surface area contributed by atoms with Gasteiger partial charge in [-0.1, -0.05) is 59.4 Å². The molecule has 6 heteroatoms. The minimum Gasteiger partial charge on any atom is -0.465 e. The monoisotopic (exact) mass is 404 g/mol. The highest BCUT2D eigenvalue weighted by atomic mass is 32.1. The number of carbonyl (C=O) groups is 1. The predicted octanol–water partition coefficient (Wildman–Crippen LogP) is 2.58. The Bertz CT molecular complexity index is 1320. The third-order valence-corrected chi connectivity index (χ3v) is 6.68. The molecule has 0 amide bonds. The van der Waals surface area contributed by atoms with Gasteiger partial charge < -0.3 is 4.74 Å². The second kappa shape index (κ2) is 6.26. The molecule has 3 heterocycles. The molecule has 2 aliphatic heterocycles. The van der Waals surface area contributed by atoms with Crippen molar-refractivity contribution in [1.29, 1.82) is 0 Å². The number of para-hydroxylation sites is 1. The predicted molar refractivity (Wildman–Crippen MR) is 112 cm³/mol. The first-order chi connectivity index (χ1) is 13.9. The minimum absolute atomic E-state index is 0.0384. The van der Waals surface area contributed by atoms with Gasteiger partial charge in [0.2, 0.25) is 5.72 Å². The van der Waals surface area contributed by atoms with Gasteiger partial charge in [0.1, 0.15) is 17.5 Å². The topological polar surface area (TPSA) is 60.7 Å². The number of aromatic nitrogens is 1. The molecule has 2 aliphatic rings. The first-order valence-corrected chi connectivity index (χ1v) is 10.4. The summed E-state index contributed by atoms with van der Waals surface area (Å²) in [5.41, 5.74) is 1.83. The molecule has 0 unspecified atom stereocenters. The summed E-state index contributed by atoms with van der Waals surface area (Å²) in [6.45, 7) is 5.41. The summed E-state index contributed by atoms with van der Waals surface area (Å²) in [5, 5.41) is 0. The Morgan fingerprint density at radius 2 is 1.93 bits per heavy atom. The van der Waals surface area contributed by atoms with Crippen LogP contribution in [0.25, 0.3) is 6.08 Å². The van der Waals surface area contributed by atoms with Gasteiger partial charge >= 0.3 is 0 Å². The number of carbonyl (C=O) groups excluding carboxylic acids is 1. The van der Waals surface area contributed by atoms with Crippen LogP contribution in [0.3, 0.4) is 0 Å². The molecule has 0 N–H and O–H groups in total. The number of thiazole rings is 1. The Morgan fingerprint density at radius 3 is 2.66 bits per heavy atom. The Kier molecular flexibility index (Phi) is 3.90. The van der Waals surface area contributed by atoms with E-state index in [4.69, 9.17) is 9.73 Å². The smallest absolute Gasteiger partial charge is 0.270 e. The van der Waals surface area contributed by atoms with E-state index in [1.165, 1.54) is 16.9 Å². The van der Waals surface area contributed by atoms with Gasteiger partial charge in [0.25, 0.3) is 5.56 Å². The zero-order valence-corrected chi connectivity index (χ0v) is 17.2. The normalized spacial score (nSPS) is 24.9. The van der Waals surface area contributed by atoms with Gasteiger partial charge in [-0.05, 0) is 38.5 Å². The average molecular weight is 404 g/mol. The van der Waals surface area contributed by atoms with Crippen molar-refractivity contribution in [3.8, 4) is 5.75 Å². The molecule has 1 aromatic heterocycles. The van der Waals surface area contributed by atoms with Crippen LogP contribution in [0, 0.1) is 12.8 Å². The molecule has 0 radical (unpaired) electrons. The molecule has 5 rings (SSSR count). The van der Waals surface area contributed by atoms with Gasteiger partial charge in [-0.15, -0.1) is 0 Å². The fourth-order valence-electron chi connectivity index (χ4n) is 4.37. The maximum Gasteiger partial charge on any atom is 0.270 e. The van der Waals surface area contributed by atoms with Crippen molar-refractivity contribution in [3.63, 3.8) is 0 Å². The molecular weight excluding hydrogens is 384 g/mol. The highest BCUT2D eigenvalue weighted by molar-refractivity contribution is 7.07. The van der Waals surface area contributed by atoms with Crippen molar-refractivity contribution in [3.05, 3.63) is 84.9 Å². The molecule has 0 saturated heterocycles. The van der Waals surface area contributed by atoms with Crippen LogP contribution in [0.4, 0.5) is 0 Å². The fourth-order valence-corrected chi connectivity index (χ4v) is 5.47. The Hall–Kier alpha value is -2.99. The number of Topliss-reactive ketones (excluding diaryl/α,β-unsaturated/α-hetero) is 1. The van der Waals surface area contributed by atoms with Gasteiger partial charge in [-0.25, -0.2) is 4.99 Å². The van der Waals surface area contributed by atoms with E-state index < -0.39 is 17.7 Å². The van der Waals surface area contributed by atoms with Crippen LogP contribution in [0.1, 0.15) is 36.6 Å². The summed E-state index contributed by atoms with van der Waals surface area (Å²) < 4.78 is 8.48. The number of ether oxygens (including phenoxy) is 1. The van der Waals surface area contributed by atoms with Gasteiger partial charge in [-0.3, -0.25) is 14.2 Å². The molecule has 146 valence electrons. The quantitative estimate of drug-likeness (QED) is 0.660. The van der Waals surface area contributed by atoms with E-state index in [2.05, 4.69) is 0 Å². The van der Waals surface area contributed by atoms with E-state index in [0.717, 1.165) is 11.1 Å². The maximum absolute atomic E-state index is 13.4. The molecule has 0 saturated carbocycles. The van der Waals surface area contributed by atoms with Crippen LogP contribution in [0.2, 0.25) is 0 Å². The number of benzene rings is 2. The van der Waals surface area contributed by atoms with Gasteiger partial charge in [0, 0.05) is 5.56 Å². The number of hydrogen-bond acceptors (Lipinski definition) is 5. The summed E-state index contributed by atoms with van der Waals surface area (Å²) in [6, 6.07) is 15.2. The molecule has 0 fully saturated rings. The zero-order valence-electron chi connectivity index (χ0n) is 16.4. The van der Waals surface area contributed by atoms with Crippen LogP contribution < -0.4 is 19.6 Å². The maximum atomic E-state index is 13.4.